The van der Waals surface area contributed by atoms with Crippen LogP contribution in [0.25, 0.3) is 11.1 Å². The number of carboxylic acids is 1. The number of piperidine rings is 1. The third kappa shape index (κ3) is 5.17. The molecule has 1 fully saturated rings. The number of halogens is 1. The molecule has 6 nitrogen and oxygen atoms in total. The van der Waals surface area contributed by atoms with E-state index in [0.29, 0.717) is 12.4 Å². The number of aryl methyl sites for hydroxylation is 2. The summed E-state index contributed by atoms with van der Waals surface area (Å²) in [7, 11) is 0. The third-order valence-electron chi connectivity index (χ3n) is 7.95. The van der Waals surface area contributed by atoms with Crippen LogP contribution in [-0.2, 0) is 24.2 Å². The molecular formula is C30H35FN4O2. The topological polar surface area (TPSA) is 69.6 Å². The zero-order valence-electron chi connectivity index (χ0n) is 22.1. The van der Waals surface area contributed by atoms with E-state index in [4.69, 9.17) is 4.98 Å². The van der Waals surface area contributed by atoms with Crippen LogP contribution in [0.5, 0.6) is 0 Å². The van der Waals surface area contributed by atoms with Gasteiger partial charge in [0, 0.05) is 48.7 Å². The molecule has 194 valence electrons. The quantitative estimate of drug-likeness (QED) is 0.451. The number of hydrogen-bond donors (Lipinski definition) is 1. The van der Waals surface area contributed by atoms with E-state index < -0.39 is 11.9 Å². The van der Waals surface area contributed by atoms with E-state index >= 15 is 0 Å². The van der Waals surface area contributed by atoms with Crippen molar-refractivity contribution in [3.8, 4) is 11.1 Å². The first kappa shape index (κ1) is 25.2. The van der Waals surface area contributed by atoms with Gasteiger partial charge in [-0.2, -0.15) is 4.39 Å². The first-order valence-corrected chi connectivity index (χ1v) is 13.1. The van der Waals surface area contributed by atoms with Crippen LogP contribution in [0.3, 0.4) is 0 Å². The molecule has 5 rings (SSSR count). The minimum Gasteiger partial charge on any atom is -0.481 e. The van der Waals surface area contributed by atoms with Crippen LogP contribution in [0.1, 0.15) is 54.8 Å². The fraction of sp³-hybridized carbons (Fsp3) is 0.433. The van der Waals surface area contributed by atoms with E-state index in [0.717, 1.165) is 72.7 Å². The minimum atomic E-state index is -0.838. The normalized spacial score (nSPS) is 17.0. The Morgan fingerprint density at radius 2 is 1.76 bits per heavy atom. The van der Waals surface area contributed by atoms with E-state index in [1.165, 1.54) is 17.2 Å². The Bertz CT molecular complexity index is 1340. The summed E-state index contributed by atoms with van der Waals surface area (Å²) in [5.74, 6) is -0.650. The fourth-order valence-electron chi connectivity index (χ4n) is 5.74. The van der Waals surface area contributed by atoms with Gasteiger partial charge in [-0.1, -0.05) is 38.1 Å². The van der Waals surface area contributed by atoms with Crippen LogP contribution < -0.4 is 9.80 Å². The average molecular weight is 503 g/mol. The summed E-state index contributed by atoms with van der Waals surface area (Å²) >= 11 is 0. The fourth-order valence-corrected chi connectivity index (χ4v) is 5.74. The molecule has 0 aliphatic carbocycles. The second-order valence-electron chi connectivity index (χ2n) is 11.2. The van der Waals surface area contributed by atoms with Gasteiger partial charge in [0.05, 0.1) is 12.1 Å². The van der Waals surface area contributed by atoms with Gasteiger partial charge in [0.2, 0.25) is 5.95 Å². The van der Waals surface area contributed by atoms with Gasteiger partial charge >= 0.3 is 5.97 Å². The van der Waals surface area contributed by atoms with Crippen molar-refractivity contribution in [2.75, 3.05) is 29.4 Å². The molecule has 0 radical (unpaired) electrons. The summed E-state index contributed by atoms with van der Waals surface area (Å²) in [6, 6.07) is 11.4. The third-order valence-corrected chi connectivity index (χ3v) is 7.95. The van der Waals surface area contributed by atoms with Crippen molar-refractivity contribution >= 4 is 17.5 Å². The maximum absolute atomic E-state index is 13.7. The van der Waals surface area contributed by atoms with Crippen molar-refractivity contribution in [1.29, 1.82) is 0 Å². The second-order valence-corrected chi connectivity index (χ2v) is 11.2. The number of aromatic nitrogens is 2. The van der Waals surface area contributed by atoms with Crippen LogP contribution in [-0.4, -0.2) is 40.7 Å². The minimum absolute atomic E-state index is 0.0398. The van der Waals surface area contributed by atoms with E-state index in [1.807, 2.05) is 19.9 Å². The molecule has 0 atom stereocenters. The van der Waals surface area contributed by atoms with Crippen LogP contribution in [0.2, 0.25) is 0 Å². The molecule has 1 N–H and O–H groups in total. The van der Waals surface area contributed by atoms with Crippen LogP contribution in [0.15, 0.2) is 36.4 Å². The molecule has 37 heavy (non-hydrogen) atoms. The van der Waals surface area contributed by atoms with Crippen molar-refractivity contribution in [2.45, 2.75) is 59.9 Å². The molecule has 0 unspecified atom stereocenters. The van der Waals surface area contributed by atoms with Crippen LogP contribution >= 0.6 is 0 Å². The molecule has 4 heterocycles. The molecular weight excluding hydrogens is 467 g/mol. The van der Waals surface area contributed by atoms with Crippen molar-refractivity contribution in [3.05, 3.63) is 70.4 Å². The molecule has 0 saturated carbocycles. The van der Waals surface area contributed by atoms with Gasteiger partial charge in [-0.05, 0) is 67.3 Å². The van der Waals surface area contributed by atoms with Gasteiger partial charge in [-0.3, -0.25) is 9.78 Å². The Balaban J connectivity index is 1.55. The highest BCUT2D eigenvalue weighted by molar-refractivity contribution is 5.86. The summed E-state index contributed by atoms with van der Waals surface area (Å²) < 4.78 is 13.7. The van der Waals surface area contributed by atoms with E-state index in [2.05, 4.69) is 46.8 Å². The van der Waals surface area contributed by atoms with E-state index in [9.17, 15) is 14.3 Å². The first-order chi connectivity index (χ1) is 17.6. The number of pyridine rings is 2. The average Bonchev–Trinajstić information content (AvgIpc) is 2.85. The maximum Gasteiger partial charge on any atom is 0.307 e. The lowest BCUT2D eigenvalue weighted by Gasteiger charge is -2.40. The Morgan fingerprint density at radius 3 is 2.46 bits per heavy atom. The molecule has 0 amide bonds. The van der Waals surface area contributed by atoms with Gasteiger partial charge < -0.3 is 14.9 Å². The van der Waals surface area contributed by atoms with Gasteiger partial charge in [-0.15, -0.1) is 0 Å². The monoisotopic (exact) mass is 502 g/mol. The number of aliphatic carboxylic acids is 1. The zero-order valence-corrected chi connectivity index (χ0v) is 22.1. The Labute approximate surface area is 218 Å². The highest BCUT2D eigenvalue weighted by Crippen LogP contribution is 2.42. The standard InChI is InChI=1S/C30H35FN4O2/c1-19-24(17-27(36)37)29(34-14-11-30(3,4)12-15-34)28(20(2)32-19)22-8-9-23-18-35(13-10-21(23)16-22)26-7-5-6-25(31)33-26/h5-9,16H,10-15,17-18H2,1-4H3,(H,36,37). The number of benzene rings is 1. The predicted octanol–water partition coefficient (Wildman–Crippen LogP) is 5.72. The van der Waals surface area contributed by atoms with E-state index in [1.54, 1.807) is 6.07 Å². The molecule has 0 bridgehead atoms. The first-order valence-electron chi connectivity index (χ1n) is 13.1. The predicted molar refractivity (Wildman–Crippen MR) is 145 cm³/mol. The number of fused-ring (bicyclic) bond motifs is 1. The van der Waals surface area contributed by atoms with Gasteiger partial charge in [0.15, 0.2) is 0 Å². The summed E-state index contributed by atoms with van der Waals surface area (Å²) in [6.45, 7) is 11.8. The number of rotatable bonds is 5. The van der Waals surface area contributed by atoms with Crippen LogP contribution in [0.4, 0.5) is 15.9 Å². The molecule has 2 aliphatic rings. The van der Waals surface area contributed by atoms with Crippen molar-refractivity contribution in [1.82, 2.24) is 9.97 Å². The Hall–Kier alpha value is -3.48. The molecule has 3 aromatic rings. The number of carboxylic acid groups (broad SMARTS) is 1. The summed E-state index contributed by atoms with van der Waals surface area (Å²) in [5.41, 5.74) is 8.42. The Kier molecular flexibility index (Phi) is 6.65. The molecule has 0 spiro atoms. The summed E-state index contributed by atoms with van der Waals surface area (Å²) in [4.78, 5) is 25.2. The van der Waals surface area contributed by atoms with Crippen molar-refractivity contribution < 1.29 is 14.3 Å². The summed E-state index contributed by atoms with van der Waals surface area (Å²) in [6.07, 6.45) is 2.91. The van der Waals surface area contributed by atoms with Crippen LogP contribution in [0, 0.1) is 25.2 Å². The molecule has 1 saturated heterocycles. The molecule has 2 aromatic heterocycles. The van der Waals surface area contributed by atoms with Crippen molar-refractivity contribution in [3.63, 3.8) is 0 Å². The van der Waals surface area contributed by atoms with E-state index in [-0.39, 0.29) is 11.8 Å². The Morgan fingerprint density at radius 1 is 1.00 bits per heavy atom. The second kappa shape index (κ2) is 9.77. The lowest BCUT2D eigenvalue weighted by atomic mass is 9.82. The SMILES string of the molecule is Cc1nc(C)c(-c2ccc3c(c2)CCN(c2cccc(F)n2)C3)c(N2CCC(C)(C)CC2)c1CC(=O)O. The largest absolute Gasteiger partial charge is 0.481 e. The summed E-state index contributed by atoms with van der Waals surface area (Å²) in [5, 5.41) is 9.74. The van der Waals surface area contributed by atoms with Gasteiger partial charge in [-0.25, -0.2) is 4.98 Å². The highest BCUT2D eigenvalue weighted by atomic mass is 19.1. The number of anilines is 2. The van der Waals surface area contributed by atoms with Crippen molar-refractivity contribution in [2.24, 2.45) is 5.41 Å². The lowest BCUT2D eigenvalue weighted by Crippen LogP contribution is -2.38. The smallest absolute Gasteiger partial charge is 0.307 e. The zero-order chi connectivity index (χ0) is 26.3. The maximum atomic E-state index is 13.7. The molecule has 7 heteroatoms. The highest BCUT2D eigenvalue weighted by Gasteiger charge is 2.30. The lowest BCUT2D eigenvalue weighted by molar-refractivity contribution is -0.136. The molecule has 2 aliphatic heterocycles. The molecule has 1 aromatic carbocycles. The number of hydrogen-bond acceptors (Lipinski definition) is 5. The number of carbonyl (C=O) groups is 1. The van der Waals surface area contributed by atoms with Gasteiger partial charge in [0.25, 0.3) is 0 Å². The van der Waals surface area contributed by atoms with Gasteiger partial charge in [0.1, 0.15) is 5.82 Å². The number of nitrogens with zero attached hydrogens (tertiary/aromatic N) is 4.